The molecule has 1 saturated carbocycles. The van der Waals surface area contributed by atoms with Gasteiger partial charge in [0.25, 0.3) is 0 Å². The summed E-state index contributed by atoms with van der Waals surface area (Å²) in [7, 11) is 0. The SMILES string of the molecule is Cc1nn(-c2[c-]cccc2)cc1C1CCCCC1.[Pt]. The minimum Gasteiger partial charge on any atom is -0.265 e. The van der Waals surface area contributed by atoms with Crippen LogP contribution in [0.25, 0.3) is 5.69 Å². The molecule has 1 aromatic carbocycles. The van der Waals surface area contributed by atoms with Crippen LogP contribution in [0.4, 0.5) is 0 Å². The van der Waals surface area contributed by atoms with E-state index in [0.717, 1.165) is 11.6 Å². The molecule has 1 aliphatic rings. The van der Waals surface area contributed by atoms with Crippen molar-refractivity contribution >= 4 is 0 Å². The summed E-state index contributed by atoms with van der Waals surface area (Å²) in [6, 6.07) is 11.2. The number of nitrogens with zero attached hydrogens (tertiary/aromatic N) is 2. The molecule has 0 spiro atoms. The molecule has 1 heterocycles. The molecule has 1 aromatic heterocycles. The summed E-state index contributed by atoms with van der Waals surface area (Å²) in [6.45, 7) is 2.13. The molecule has 1 fully saturated rings. The van der Waals surface area contributed by atoms with Gasteiger partial charge in [-0.2, -0.15) is 29.4 Å². The molecular formula is C16H19N2Pt-. The van der Waals surface area contributed by atoms with Crippen molar-refractivity contribution in [3.8, 4) is 5.69 Å². The Hall–Kier alpha value is -0.882. The first-order valence-electron chi connectivity index (χ1n) is 6.88. The maximum absolute atomic E-state index is 4.64. The predicted octanol–water partition coefficient (Wildman–Crippen LogP) is 4.03. The van der Waals surface area contributed by atoms with Gasteiger partial charge in [-0.1, -0.05) is 19.3 Å². The van der Waals surface area contributed by atoms with Crippen molar-refractivity contribution in [2.75, 3.05) is 0 Å². The van der Waals surface area contributed by atoms with Crippen LogP contribution < -0.4 is 0 Å². The summed E-state index contributed by atoms with van der Waals surface area (Å²) in [4.78, 5) is 0. The van der Waals surface area contributed by atoms with Crippen LogP contribution in [0.5, 0.6) is 0 Å². The molecule has 0 unspecified atom stereocenters. The Morgan fingerprint density at radius 1 is 1.21 bits per heavy atom. The molecule has 19 heavy (non-hydrogen) atoms. The molecular weight excluding hydrogens is 415 g/mol. The number of hydrogen-bond donors (Lipinski definition) is 0. The number of para-hydroxylation sites is 1. The number of aromatic nitrogens is 2. The Labute approximate surface area is 129 Å². The molecule has 0 radical (unpaired) electrons. The van der Waals surface area contributed by atoms with Gasteiger partial charge in [0.05, 0.1) is 5.69 Å². The van der Waals surface area contributed by atoms with E-state index in [4.69, 9.17) is 0 Å². The minimum atomic E-state index is 0. The Balaban J connectivity index is 0.00000133. The zero-order valence-electron chi connectivity index (χ0n) is 11.2. The molecule has 1 aliphatic carbocycles. The standard InChI is InChI=1S/C16H19N2.Pt/c1-13-16(14-8-4-2-5-9-14)12-18(17-13)15-10-6-3-7-11-15;/h3,6-7,10,12,14H,2,4-5,8-9H2,1H3;/q-1;. The number of aryl methyl sites for hydroxylation is 1. The van der Waals surface area contributed by atoms with Gasteiger partial charge in [0.1, 0.15) is 0 Å². The Kier molecular flexibility index (Phi) is 4.98. The van der Waals surface area contributed by atoms with Crippen molar-refractivity contribution in [1.29, 1.82) is 0 Å². The fraction of sp³-hybridized carbons (Fsp3) is 0.438. The van der Waals surface area contributed by atoms with Gasteiger partial charge in [-0.05, 0) is 36.9 Å². The second-order valence-electron chi connectivity index (χ2n) is 5.20. The third-order valence-corrected chi connectivity index (χ3v) is 3.92. The van der Waals surface area contributed by atoms with Crippen molar-refractivity contribution in [2.45, 2.75) is 44.9 Å². The fourth-order valence-electron chi connectivity index (χ4n) is 2.94. The monoisotopic (exact) mass is 434 g/mol. The number of hydrogen-bond acceptors (Lipinski definition) is 1. The van der Waals surface area contributed by atoms with Crippen LogP contribution in [-0.2, 0) is 21.1 Å². The molecule has 0 N–H and O–H groups in total. The third kappa shape index (κ3) is 3.17. The average molecular weight is 434 g/mol. The van der Waals surface area contributed by atoms with Crippen LogP contribution in [0.15, 0.2) is 30.5 Å². The second-order valence-corrected chi connectivity index (χ2v) is 5.20. The summed E-state index contributed by atoms with van der Waals surface area (Å²) < 4.78 is 1.97. The van der Waals surface area contributed by atoms with E-state index >= 15 is 0 Å². The van der Waals surface area contributed by atoms with Crippen molar-refractivity contribution < 1.29 is 21.1 Å². The van der Waals surface area contributed by atoms with Crippen LogP contribution in [0.2, 0.25) is 0 Å². The van der Waals surface area contributed by atoms with E-state index in [1.807, 2.05) is 22.9 Å². The quantitative estimate of drug-likeness (QED) is 0.653. The summed E-state index contributed by atoms with van der Waals surface area (Å²) in [6.07, 6.45) is 8.99. The van der Waals surface area contributed by atoms with Gasteiger partial charge >= 0.3 is 0 Å². The van der Waals surface area contributed by atoms with Crippen LogP contribution in [0.3, 0.4) is 0 Å². The molecule has 0 aliphatic heterocycles. The van der Waals surface area contributed by atoms with Crippen LogP contribution >= 0.6 is 0 Å². The van der Waals surface area contributed by atoms with Gasteiger partial charge in [-0.15, -0.1) is 6.07 Å². The van der Waals surface area contributed by atoms with E-state index in [-0.39, 0.29) is 21.1 Å². The first-order valence-corrected chi connectivity index (χ1v) is 6.88. The van der Waals surface area contributed by atoms with E-state index in [1.165, 1.54) is 43.4 Å². The fourth-order valence-corrected chi connectivity index (χ4v) is 2.94. The molecule has 104 valence electrons. The van der Waals surface area contributed by atoms with E-state index in [9.17, 15) is 0 Å². The molecule has 0 saturated heterocycles. The van der Waals surface area contributed by atoms with E-state index < -0.39 is 0 Å². The van der Waals surface area contributed by atoms with Crippen molar-refractivity contribution in [3.05, 3.63) is 47.8 Å². The van der Waals surface area contributed by atoms with Crippen LogP contribution in [0, 0.1) is 13.0 Å². The van der Waals surface area contributed by atoms with Gasteiger partial charge in [0.15, 0.2) is 0 Å². The summed E-state index contributed by atoms with van der Waals surface area (Å²) in [5, 5.41) is 4.64. The van der Waals surface area contributed by atoms with Gasteiger partial charge < -0.3 is 0 Å². The first kappa shape index (κ1) is 14.5. The van der Waals surface area contributed by atoms with Crippen LogP contribution in [-0.4, -0.2) is 9.78 Å². The van der Waals surface area contributed by atoms with Gasteiger partial charge in [0.2, 0.25) is 0 Å². The molecule has 0 amide bonds. The third-order valence-electron chi connectivity index (χ3n) is 3.92. The molecule has 0 bridgehead atoms. The topological polar surface area (TPSA) is 17.8 Å². The second kappa shape index (κ2) is 6.52. The molecule has 2 aromatic rings. The van der Waals surface area contributed by atoms with Crippen molar-refractivity contribution in [3.63, 3.8) is 0 Å². The summed E-state index contributed by atoms with van der Waals surface area (Å²) >= 11 is 0. The maximum atomic E-state index is 4.64. The van der Waals surface area contributed by atoms with Crippen molar-refractivity contribution in [2.24, 2.45) is 0 Å². The van der Waals surface area contributed by atoms with Gasteiger partial charge in [0, 0.05) is 27.3 Å². The normalized spacial score (nSPS) is 16.1. The zero-order valence-corrected chi connectivity index (χ0v) is 13.5. The van der Waals surface area contributed by atoms with E-state index in [0.29, 0.717) is 0 Å². The predicted molar refractivity (Wildman–Crippen MR) is 73.0 cm³/mol. The molecule has 3 heteroatoms. The van der Waals surface area contributed by atoms with Crippen molar-refractivity contribution in [1.82, 2.24) is 9.78 Å². The Morgan fingerprint density at radius 2 is 2.00 bits per heavy atom. The van der Waals surface area contributed by atoms with Gasteiger partial charge in [-0.3, -0.25) is 4.68 Å². The molecule has 3 rings (SSSR count). The van der Waals surface area contributed by atoms with Crippen LogP contribution in [0.1, 0.15) is 49.3 Å². The largest absolute Gasteiger partial charge is 0.265 e. The Morgan fingerprint density at radius 3 is 2.68 bits per heavy atom. The molecule has 2 nitrogen and oxygen atoms in total. The average Bonchev–Trinajstić information content (AvgIpc) is 2.83. The molecule has 0 atom stereocenters. The van der Waals surface area contributed by atoms with E-state index in [2.05, 4.69) is 30.4 Å². The minimum absolute atomic E-state index is 0. The first-order chi connectivity index (χ1) is 8.84. The summed E-state index contributed by atoms with van der Waals surface area (Å²) in [5.41, 5.74) is 3.65. The van der Waals surface area contributed by atoms with Gasteiger partial charge in [-0.25, -0.2) is 0 Å². The maximum Gasteiger partial charge on any atom is 0.0632 e. The van der Waals surface area contributed by atoms with E-state index in [1.54, 1.807) is 0 Å². The number of benzene rings is 1. The zero-order chi connectivity index (χ0) is 12.4. The number of rotatable bonds is 2. The summed E-state index contributed by atoms with van der Waals surface area (Å²) in [5.74, 6) is 0.719. The Bertz CT molecular complexity index is 513. The smallest absolute Gasteiger partial charge is 0.0632 e.